The van der Waals surface area contributed by atoms with Gasteiger partial charge in [0.05, 0.1) is 19.3 Å². The Morgan fingerprint density at radius 3 is 3.00 bits per heavy atom. The summed E-state index contributed by atoms with van der Waals surface area (Å²) in [6.07, 6.45) is 0.948. The van der Waals surface area contributed by atoms with Crippen LogP contribution in [0.15, 0.2) is 22.7 Å². The normalized spacial score (nSPS) is 18.7. The van der Waals surface area contributed by atoms with Crippen LogP contribution in [-0.4, -0.2) is 30.5 Å². The molecule has 3 rings (SSSR count). The summed E-state index contributed by atoms with van der Waals surface area (Å²) in [5, 5.41) is 4.06. The Labute approximate surface area is 111 Å². The average Bonchev–Trinajstić information content (AvgIpc) is 3.09. The van der Waals surface area contributed by atoms with Crippen LogP contribution in [0.1, 0.15) is 23.7 Å². The third kappa shape index (κ3) is 2.33. The molecule has 0 radical (unpaired) electrons. The quantitative estimate of drug-likeness (QED) is 0.848. The molecule has 0 N–H and O–H groups in total. The lowest BCUT2D eigenvalue weighted by molar-refractivity contribution is 0.192. The average molecular weight is 260 g/mol. The first-order valence-electron chi connectivity index (χ1n) is 6.34. The Morgan fingerprint density at radius 2 is 2.26 bits per heavy atom. The van der Waals surface area contributed by atoms with Crippen molar-refractivity contribution in [2.45, 2.75) is 19.3 Å². The number of aromatic nitrogens is 2. The highest BCUT2D eigenvalue weighted by Gasteiger charge is 2.24. The minimum absolute atomic E-state index is 0.244. The van der Waals surface area contributed by atoms with Gasteiger partial charge in [0.25, 0.3) is 5.89 Å². The number of hydrogen-bond donors (Lipinski definition) is 0. The van der Waals surface area contributed by atoms with E-state index in [1.807, 2.05) is 25.1 Å². The molecule has 2 heterocycles. The monoisotopic (exact) mass is 260 g/mol. The van der Waals surface area contributed by atoms with E-state index in [9.17, 15) is 0 Å². The van der Waals surface area contributed by atoms with E-state index in [4.69, 9.17) is 14.0 Å². The van der Waals surface area contributed by atoms with Crippen molar-refractivity contribution in [3.63, 3.8) is 0 Å². The van der Waals surface area contributed by atoms with E-state index in [-0.39, 0.29) is 5.92 Å². The van der Waals surface area contributed by atoms with Crippen molar-refractivity contribution in [1.29, 1.82) is 0 Å². The van der Waals surface area contributed by atoms with Gasteiger partial charge in [-0.3, -0.25) is 0 Å². The van der Waals surface area contributed by atoms with Gasteiger partial charge in [-0.1, -0.05) is 16.8 Å². The van der Waals surface area contributed by atoms with Crippen LogP contribution >= 0.6 is 0 Å². The van der Waals surface area contributed by atoms with Gasteiger partial charge in [0, 0.05) is 12.5 Å². The summed E-state index contributed by atoms with van der Waals surface area (Å²) in [7, 11) is 1.64. The fourth-order valence-electron chi connectivity index (χ4n) is 2.24. The van der Waals surface area contributed by atoms with Gasteiger partial charge in [-0.15, -0.1) is 0 Å². The van der Waals surface area contributed by atoms with Gasteiger partial charge >= 0.3 is 0 Å². The molecular weight excluding hydrogens is 244 g/mol. The maximum absolute atomic E-state index is 5.36. The summed E-state index contributed by atoms with van der Waals surface area (Å²) < 4.78 is 16.0. The SMILES string of the molecule is COc1ccc(C)cc1-c1nc(C2CCOC2)no1. The zero-order valence-electron chi connectivity index (χ0n) is 11.0. The molecule has 1 aliphatic heterocycles. The van der Waals surface area contributed by atoms with Crippen molar-refractivity contribution in [1.82, 2.24) is 10.1 Å². The first-order chi connectivity index (χ1) is 9.28. The molecule has 5 heteroatoms. The Hall–Kier alpha value is -1.88. The lowest BCUT2D eigenvalue weighted by atomic mass is 10.1. The van der Waals surface area contributed by atoms with E-state index in [0.717, 1.165) is 35.7 Å². The number of hydrogen-bond acceptors (Lipinski definition) is 5. The number of nitrogens with zero attached hydrogens (tertiary/aromatic N) is 2. The maximum atomic E-state index is 5.36. The zero-order valence-corrected chi connectivity index (χ0v) is 11.0. The van der Waals surface area contributed by atoms with Crippen molar-refractivity contribution >= 4 is 0 Å². The van der Waals surface area contributed by atoms with E-state index in [1.54, 1.807) is 7.11 Å². The summed E-state index contributed by atoms with van der Waals surface area (Å²) in [4.78, 5) is 4.47. The molecule has 100 valence electrons. The molecule has 0 aliphatic carbocycles. The number of rotatable bonds is 3. The van der Waals surface area contributed by atoms with Crippen LogP contribution in [0.5, 0.6) is 5.75 Å². The van der Waals surface area contributed by atoms with Crippen molar-refractivity contribution in [2.75, 3.05) is 20.3 Å². The first-order valence-corrected chi connectivity index (χ1v) is 6.34. The van der Waals surface area contributed by atoms with Crippen LogP contribution in [0.3, 0.4) is 0 Å². The Kier molecular flexibility index (Phi) is 3.21. The van der Waals surface area contributed by atoms with Crippen LogP contribution in [0.2, 0.25) is 0 Å². The van der Waals surface area contributed by atoms with Gasteiger partial charge in [0.15, 0.2) is 5.82 Å². The Bertz CT molecular complexity index is 574. The molecule has 1 atom stereocenters. The molecular formula is C14H16N2O3. The molecule has 1 aromatic heterocycles. The predicted octanol–water partition coefficient (Wildman–Crippen LogP) is 2.56. The van der Waals surface area contributed by atoms with Gasteiger partial charge in [-0.25, -0.2) is 0 Å². The highest BCUT2D eigenvalue weighted by atomic mass is 16.5. The lowest BCUT2D eigenvalue weighted by Gasteiger charge is -2.05. The molecule has 0 amide bonds. The lowest BCUT2D eigenvalue weighted by Crippen LogP contribution is -1.99. The van der Waals surface area contributed by atoms with Crippen molar-refractivity contribution < 1.29 is 14.0 Å². The van der Waals surface area contributed by atoms with Gasteiger partial charge < -0.3 is 14.0 Å². The number of methoxy groups -OCH3 is 1. The minimum Gasteiger partial charge on any atom is -0.496 e. The van der Waals surface area contributed by atoms with Gasteiger partial charge in [0.2, 0.25) is 0 Å². The van der Waals surface area contributed by atoms with Crippen molar-refractivity contribution in [3.8, 4) is 17.2 Å². The molecule has 0 saturated carbocycles. The second-order valence-corrected chi connectivity index (χ2v) is 4.72. The fourth-order valence-corrected chi connectivity index (χ4v) is 2.24. The number of ether oxygens (including phenoxy) is 2. The molecule has 1 aliphatic rings. The van der Waals surface area contributed by atoms with E-state index in [1.165, 1.54) is 0 Å². The molecule has 2 aromatic rings. The Balaban J connectivity index is 1.95. The predicted molar refractivity (Wildman–Crippen MR) is 69.2 cm³/mol. The van der Waals surface area contributed by atoms with E-state index >= 15 is 0 Å². The van der Waals surface area contributed by atoms with E-state index in [2.05, 4.69) is 10.1 Å². The molecule has 1 unspecified atom stereocenters. The first kappa shape index (κ1) is 12.2. The topological polar surface area (TPSA) is 57.4 Å². The Morgan fingerprint density at radius 1 is 1.37 bits per heavy atom. The van der Waals surface area contributed by atoms with Gasteiger partial charge in [-0.2, -0.15) is 4.98 Å². The molecule has 1 aromatic carbocycles. The highest BCUT2D eigenvalue weighted by Crippen LogP contribution is 2.31. The summed E-state index contributed by atoms with van der Waals surface area (Å²) in [6.45, 7) is 3.46. The van der Waals surface area contributed by atoms with E-state index < -0.39 is 0 Å². The molecule has 1 fully saturated rings. The molecule has 5 nitrogen and oxygen atoms in total. The molecule has 1 saturated heterocycles. The molecule has 19 heavy (non-hydrogen) atoms. The van der Waals surface area contributed by atoms with Crippen LogP contribution in [0, 0.1) is 6.92 Å². The zero-order chi connectivity index (χ0) is 13.2. The van der Waals surface area contributed by atoms with Gasteiger partial charge in [-0.05, 0) is 25.5 Å². The molecule has 0 bridgehead atoms. The van der Waals surface area contributed by atoms with E-state index in [0.29, 0.717) is 12.5 Å². The minimum atomic E-state index is 0.244. The number of benzene rings is 1. The fraction of sp³-hybridized carbons (Fsp3) is 0.429. The van der Waals surface area contributed by atoms with Crippen molar-refractivity contribution in [2.24, 2.45) is 0 Å². The van der Waals surface area contributed by atoms with Crippen LogP contribution < -0.4 is 4.74 Å². The standard InChI is InChI=1S/C14H16N2O3/c1-9-3-4-12(17-2)11(7-9)14-15-13(16-19-14)10-5-6-18-8-10/h3-4,7,10H,5-6,8H2,1-2H3. The third-order valence-corrected chi connectivity index (χ3v) is 3.32. The van der Waals surface area contributed by atoms with Crippen LogP contribution in [-0.2, 0) is 4.74 Å². The number of aryl methyl sites for hydroxylation is 1. The third-order valence-electron chi connectivity index (χ3n) is 3.32. The summed E-state index contributed by atoms with van der Waals surface area (Å²) in [5.74, 6) is 2.20. The van der Waals surface area contributed by atoms with Crippen LogP contribution in [0.4, 0.5) is 0 Å². The molecule has 0 spiro atoms. The summed E-state index contributed by atoms with van der Waals surface area (Å²) in [5.41, 5.74) is 1.96. The van der Waals surface area contributed by atoms with Crippen molar-refractivity contribution in [3.05, 3.63) is 29.6 Å². The second kappa shape index (κ2) is 5.01. The highest BCUT2D eigenvalue weighted by molar-refractivity contribution is 5.63. The summed E-state index contributed by atoms with van der Waals surface area (Å²) >= 11 is 0. The largest absolute Gasteiger partial charge is 0.496 e. The van der Waals surface area contributed by atoms with Gasteiger partial charge in [0.1, 0.15) is 5.75 Å². The summed E-state index contributed by atoms with van der Waals surface area (Å²) in [6, 6.07) is 5.89. The van der Waals surface area contributed by atoms with Crippen LogP contribution in [0.25, 0.3) is 11.5 Å². The maximum Gasteiger partial charge on any atom is 0.261 e. The smallest absolute Gasteiger partial charge is 0.261 e. The second-order valence-electron chi connectivity index (χ2n) is 4.72.